The van der Waals surface area contributed by atoms with Gasteiger partial charge < -0.3 is 0 Å². The third-order valence-corrected chi connectivity index (χ3v) is 13.5. The molecule has 0 aromatic heterocycles. The summed E-state index contributed by atoms with van der Waals surface area (Å²) in [5.41, 5.74) is 5.33. The average molecular weight is 988 g/mol. The molecule has 0 amide bonds. The summed E-state index contributed by atoms with van der Waals surface area (Å²) in [5, 5.41) is 1.61. The van der Waals surface area contributed by atoms with Crippen LogP contribution in [0.4, 0.5) is 0 Å². The molecular formula is C34H16Br4N6O6S2. The molecule has 4 aromatic carbocycles. The molecule has 0 fully saturated rings. The normalized spacial score (nSPS) is 17.0. The van der Waals surface area contributed by atoms with E-state index in [-0.39, 0.29) is 43.2 Å². The molecule has 3 aliphatic heterocycles. The zero-order chi connectivity index (χ0) is 36.4. The van der Waals surface area contributed by atoms with Crippen molar-refractivity contribution in [2.24, 2.45) is 30.0 Å². The predicted octanol–water partition coefficient (Wildman–Crippen LogP) is 5.96. The Bertz CT molecular complexity index is 3010. The summed E-state index contributed by atoms with van der Waals surface area (Å²) >= 11 is 13.7. The van der Waals surface area contributed by atoms with Crippen LogP contribution in [0.5, 0.6) is 0 Å². The van der Waals surface area contributed by atoms with Gasteiger partial charge in [0, 0.05) is 74.6 Å². The van der Waals surface area contributed by atoms with Crippen LogP contribution in [0, 0.1) is 0 Å². The molecule has 0 spiro atoms. The Balaban J connectivity index is 1.39. The van der Waals surface area contributed by atoms with E-state index in [1.165, 1.54) is 18.2 Å². The zero-order valence-electron chi connectivity index (χ0n) is 25.7. The third-order valence-electron chi connectivity index (χ3n) is 8.93. The van der Waals surface area contributed by atoms with Gasteiger partial charge in [0.1, 0.15) is 9.79 Å². The minimum Gasteiger partial charge on any atom is -0.282 e. The molecule has 0 saturated carbocycles. The van der Waals surface area contributed by atoms with Gasteiger partial charge in [-0.05, 0) is 86.5 Å². The number of rotatable bonds is 2. The number of nitrogens with zero attached hydrogens (tertiary/aromatic N) is 6. The van der Waals surface area contributed by atoms with Crippen LogP contribution in [0.25, 0.3) is 11.4 Å². The first-order chi connectivity index (χ1) is 24.6. The lowest BCUT2D eigenvalue weighted by atomic mass is 10.1. The van der Waals surface area contributed by atoms with Gasteiger partial charge in [0.15, 0.2) is 23.3 Å². The topological polar surface area (TPSA) is 183 Å². The SMILES string of the molecule is O=S(=O)(O)c1cc2c(cc1Br)C1=NC3=NC(=NC4=c5ccc(Br)cc5=C(C4)N=C4N=C(N=C2C1)c1cc(Br)c(S(=O)(=O)O)cc14)c1ccc(Br)cc13. The van der Waals surface area contributed by atoms with Crippen LogP contribution >= 0.6 is 63.7 Å². The van der Waals surface area contributed by atoms with Crippen molar-refractivity contribution in [2.75, 3.05) is 0 Å². The molecule has 5 aliphatic rings. The quantitative estimate of drug-likeness (QED) is 0.234. The Hall–Kier alpha value is -3.62. The second-order valence-corrected chi connectivity index (χ2v) is 18.4. The highest BCUT2D eigenvalue weighted by Gasteiger charge is 2.34. The number of amidine groups is 4. The Morgan fingerprint density at radius 3 is 1.56 bits per heavy atom. The van der Waals surface area contributed by atoms with Crippen molar-refractivity contribution in [2.45, 2.75) is 22.6 Å². The number of aliphatic imine (C=N–C) groups is 6. The fourth-order valence-electron chi connectivity index (χ4n) is 6.64. The van der Waals surface area contributed by atoms with Gasteiger partial charge in [0.2, 0.25) is 0 Å². The second-order valence-electron chi connectivity index (χ2n) is 12.1. The summed E-state index contributed by atoms with van der Waals surface area (Å²) in [4.78, 5) is 28.9. The van der Waals surface area contributed by atoms with E-state index in [0.717, 1.165) is 30.5 Å². The zero-order valence-corrected chi connectivity index (χ0v) is 33.7. The van der Waals surface area contributed by atoms with Crippen LogP contribution in [0.2, 0.25) is 0 Å². The monoisotopic (exact) mass is 984 g/mol. The summed E-state index contributed by atoms with van der Waals surface area (Å²) in [7, 11) is -9.30. The fourth-order valence-corrected chi connectivity index (χ4v) is 10.4. The van der Waals surface area contributed by atoms with Gasteiger partial charge in [-0.2, -0.15) is 16.8 Å². The standard InChI is InChI=1S/C34H16Br4N6O6S2/c35-13-1-3-15-17(5-13)26-11-25(15)39-31-16-4-2-14(36)6-20(16)32(43-31)41-27-12-28(19-9-29(51(45,46)47)23(37)7-18(19)27)42-33-21-8-24(38)30(52(48,49)50)10-22(21)34(40-26)44-33/h1-10H,11-12H2,(H,45,46,47)(H,48,49,50). The molecule has 9 rings (SSSR count). The van der Waals surface area contributed by atoms with Crippen LogP contribution in [-0.4, -0.2) is 60.7 Å². The molecule has 3 heterocycles. The van der Waals surface area contributed by atoms with Gasteiger partial charge in [-0.1, -0.05) is 37.9 Å². The lowest BCUT2D eigenvalue weighted by molar-refractivity contribution is 0.480. The molecule has 0 saturated heterocycles. The van der Waals surface area contributed by atoms with Gasteiger partial charge in [-0.15, -0.1) is 0 Å². The van der Waals surface area contributed by atoms with Crippen LogP contribution in [0.3, 0.4) is 0 Å². The van der Waals surface area contributed by atoms with Crippen molar-refractivity contribution < 1.29 is 25.9 Å². The van der Waals surface area contributed by atoms with Crippen molar-refractivity contribution in [3.63, 3.8) is 0 Å². The minimum atomic E-state index is -4.65. The molecule has 0 unspecified atom stereocenters. The highest BCUT2D eigenvalue weighted by Crippen LogP contribution is 2.36. The molecule has 0 atom stereocenters. The molecule has 52 heavy (non-hydrogen) atoms. The maximum Gasteiger partial charge on any atom is 0.295 e. The summed E-state index contributed by atoms with van der Waals surface area (Å²) < 4.78 is 71.5. The Morgan fingerprint density at radius 1 is 0.462 bits per heavy atom. The van der Waals surface area contributed by atoms with E-state index >= 15 is 0 Å². The molecule has 0 radical (unpaired) electrons. The third kappa shape index (κ3) is 5.62. The summed E-state index contributed by atoms with van der Waals surface area (Å²) in [6.45, 7) is 0. The maximum atomic E-state index is 12.4. The maximum absolute atomic E-state index is 12.4. The number of hydrogen-bond acceptors (Lipinski definition) is 10. The van der Waals surface area contributed by atoms with Gasteiger partial charge in [0.25, 0.3) is 20.2 Å². The smallest absolute Gasteiger partial charge is 0.282 e. The van der Waals surface area contributed by atoms with Gasteiger partial charge in [0.05, 0.1) is 22.8 Å². The van der Waals surface area contributed by atoms with Crippen LogP contribution in [0.15, 0.2) is 118 Å². The minimum absolute atomic E-state index is 0.0774. The molecule has 8 bridgehead atoms. The summed E-state index contributed by atoms with van der Waals surface area (Å²) in [6.07, 6.45) is 0.406. The first-order valence-electron chi connectivity index (χ1n) is 15.1. The Labute approximate surface area is 328 Å². The van der Waals surface area contributed by atoms with E-state index in [1.807, 2.05) is 36.4 Å². The Kier molecular flexibility index (Phi) is 7.85. The first kappa shape index (κ1) is 34.2. The molecule has 4 aromatic rings. The number of halogens is 4. The van der Waals surface area contributed by atoms with Crippen molar-refractivity contribution in [3.8, 4) is 0 Å². The van der Waals surface area contributed by atoms with Crippen LogP contribution < -0.4 is 10.4 Å². The van der Waals surface area contributed by atoms with E-state index in [1.54, 1.807) is 6.07 Å². The lowest BCUT2D eigenvalue weighted by Gasteiger charge is -2.08. The van der Waals surface area contributed by atoms with E-state index in [4.69, 9.17) is 30.0 Å². The average Bonchev–Trinajstić information content (AvgIpc) is 3.77. The number of fused-ring (bicyclic) bond motifs is 16. The largest absolute Gasteiger partial charge is 0.295 e. The molecule has 258 valence electrons. The van der Waals surface area contributed by atoms with E-state index in [9.17, 15) is 25.9 Å². The summed E-state index contributed by atoms with van der Waals surface area (Å²) in [5.74, 6) is 1.14. The van der Waals surface area contributed by atoms with E-state index in [2.05, 4.69) is 63.7 Å². The van der Waals surface area contributed by atoms with Crippen molar-refractivity contribution in [1.82, 2.24) is 0 Å². The van der Waals surface area contributed by atoms with Crippen molar-refractivity contribution in [3.05, 3.63) is 122 Å². The molecular weight excluding hydrogens is 972 g/mol. The van der Waals surface area contributed by atoms with Crippen molar-refractivity contribution >= 4 is 130 Å². The van der Waals surface area contributed by atoms with Gasteiger partial charge >= 0.3 is 0 Å². The second kappa shape index (κ2) is 11.9. The van der Waals surface area contributed by atoms with Crippen molar-refractivity contribution in [1.29, 1.82) is 0 Å². The van der Waals surface area contributed by atoms with E-state index in [0.29, 0.717) is 56.7 Å². The molecule has 12 nitrogen and oxygen atoms in total. The lowest BCUT2D eigenvalue weighted by Crippen LogP contribution is -2.23. The van der Waals surface area contributed by atoms with Crippen LogP contribution in [0.1, 0.15) is 46.2 Å². The molecule has 2 N–H and O–H groups in total. The summed E-state index contributed by atoms with van der Waals surface area (Å²) in [6, 6.07) is 17.1. The highest BCUT2D eigenvalue weighted by atomic mass is 79.9. The predicted molar refractivity (Wildman–Crippen MR) is 211 cm³/mol. The molecule has 2 aliphatic carbocycles. The Morgan fingerprint density at radius 2 is 0.923 bits per heavy atom. The van der Waals surface area contributed by atoms with Crippen LogP contribution in [-0.2, 0) is 20.2 Å². The fraction of sp³-hybridized carbons (Fsp3) is 0.0588. The molecule has 18 heteroatoms. The van der Waals surface area contributed by atoms with Gasteiger partial charge in [-0.25, -0.2) is 30.0 Å². The highest BCUT2D eigenvalue weighted by molar-refractivity contribution is 9.11. The van der Waals surface area contributed by atoms with Gasteiger partial charge in [-0.3, -0.25) is 9.11 Å². The first-order valence-corrected chi connectivity index (χ1v) is 21.1. The van der Waals surface area contributed by atoms with E-state index < -0.39 is 20.2 Å². The number of benzene rings is 4. The number of hydrogen-bond donors (Lipinski definition) is 2.